The number of ether oxygens (including phenoxy) is 1. The molecule has 8 nitrogen and oxygen atoms in total. The highest BCUT2D eigenvalue weighted by Crippen LogP contribution is 2.34. The fraction of sp³-hybridized carbons (Fsp3) is 0.400. The second kappa shape index (κ2) is 12.9. The van der Waals surface area contributed by atoms with E-state index in [1.165, 1.54) is 23.5 Å². The maximum absolute atomic E-state index is 13.1. The molecular weight excluding hydrogens is 636 g/mol. The van der Waals surface area contributed by atoms with Gasteiger partial charge in [-0.1, -0.05) is 40.6 Å². The summed E-state index contributed by atoms with van der Waals surface area (Å²) in [5.74, 6) is 0.803. The molecule has 1 aliphatic heterocycles. The number of nitrogens with zero attached hydrogens (tertiary/aromatic N) is 4. The molecule has 1 aliphatic rings. The fourth-order valence-corrected chi connectivity index (χ4v) is 6.28. The van der Waals surface area contributed by atoms with E-state index >= 15 is 0 Å². The third-order valence-corrected chi connectivity index (χ3v) is 8.54. The average molecular weight is 668 g/mol. The lowest BCUT2D eigenvalue weighted by Gasteiger charge is -2.34. The van der Waals surface area contributed by atoms with Crippen LogP contribution in [0.5, 0.6) is 0 Å². The first-order valence-electron chi connectivity index (χ1n) is 14.0. The molecule has 2 N–H and O–H groups in total. The Kier molecular flexibility index (Phi) is 9.43. The number of anilines is 3. The molecule has 1 unspecified atom stereocenters. The number of aromatic nitrogens is 3. The molecule has 0 aliphatic carbocycles. The van der Waals surface area contributed by atoms with Crippen molar-refractivity contribution >= 4 is 68.4 Å². The number of nitrogens with one attached hydrogen (secondary N) is 2. The molecule has 3 heterocycles. The molecule has 0 saturated carbocycles. The summed E-state index contributed by atoms with van der Waals surface area (Å²) in [6.45, 7) is 7.19. The number of thiazole rings is 1. The smallest absolute Gasteiger partial charge is 0.416 e. The van der Waals surface area contributed by atoms with E-state index in [1.807, 2.05) is 20.8 Å². The van der Waals surface area contributed by atoms with Crippen LogP contribution in [0.2, 0.25) is 10.0 Å². The Morgan fingerprint density at radius 3 is 2.43 bits per heavy atom. The first kappa shape index (κ1) is 32.1. The third kappa shape index (κ3) is 8.02. The number of fused-ring (bicyclic) bond motifs is 1. The Morgan fingerprint density at radius 1 is 1.07 bits per heavy atom. The SMILES string of the molecule is CC(C)(C)OC(=O)N1CCCC(CNc2nc(Nc3ccc(C(F)(F)F)cc3)c3nc(Cc4c(Cl)cccc4Cl)sc3n2)C1. The summed E-state index contributed by atoms with van der Waals surface area (Å²) >= 11 is 14.1. The van der Waals surface area contributed by atoms with Crippen molar-refractivity contribution in [2.24, 2.45) is 5.92 Å². The van der Waals surface area contributed by atoms with E-state index in [0.29, 0.717) is 68.9 Å². The summed E-state index contributed by atoms with van der Waals surface area (Å²) in [5, 5.41) is 8.13. The van der Waals surface area contributed by atoms with Gasteiger partial charge in [-0.2, -0.15) is 18.2 Å². The van der Waals surface area contributed by atoms with Crippen LogP contribution in [0.1, 0.15) is 49.7 Å². The van der Waals surface area contributed by atoms with Crippen LogP contribution in [0.4, 0.5) is 35.4 Å². The van der Waals surface area contributed by atoms with Crippen molar-refractivity contribution in [2.75, 3.05) is 30.3 Å². The Morgan fingerprint density at radius 2 is 1.77 bits per heavy atom. The van der Waals surface area contributed by atoms with Crippen LogP contribution in [0.25, 0.3) is 10.3 Å². The maximum atomic E-state index is 13.1. The van der Waals surface area contributed by atoms with E-state index in [0.717, 1.165) is 30.5 Å². The molecule has 0 radical (unpaired) electrons. The van der Waals surface area contributed by atoms with Gasteiger partial charge in [-0.25, -0.2) is 14.8 Å². The number of piperidine rings is 1. The maximum Gasteiger partial charge on any atom is 0.416 e. The quantitative estimate of drug-likeness (QED) is 0.204. The zero-order valence-corrected chi connectivity index (χ0v) is 26.6. The Bertz CT molecular complexity index is 1620. The molecular formula is C30H31Cl2F3N6O2S. The second-order valence-corrected chi connectivity index (χ2v) is 13.4. The monoisotopic (exact) mass is 666 g/mol. The minimum Gasteiger partial charge on any atom is -0.444 e. The van der Waals surface area contributed by atoms with Gasteiger partial charge >= 0.3 is 12.3 Å². The van der Waals surface area contributed by atoms with E-state index in [9.17, 15) is 18.0 Å². The van der Waals surface area contributed by atoms with Crippen LogP contribution >= 0.6 is 34.5 Å². The molecule has 1 saturated heterocycles. The van der Waals surface area contributed by atoms with Crippen molar-refractivity contribution in [1.29, 1.82) is 0 Å². The molecule has 1 amide bonds. The summed E-state index contributed by atoms with van der Waals surface area (Å²) in [5.41, 5.74) is 0.275. The minimum absolute atomic E-state index is 0.140. The third-order valence-electron chi connectivity index (χ3n) is 6.89. The number of hydrogen-bond donors (Lipinski definition) is 2. The number of alkyl halides is 3. The van der Waals surface area contributed by atoms with E-state index < -0.39 is 17.3 Å². The van der Waals surface area contributed by atoms with Crippen LogP contribution in [-0.4, -0.2) is 51.2 Å². The van der Waals surface area contributed by atoms with Gasteiger partial charge in [0.25, 0.3) is 0 Å². The van der Waals surface area contributed by atoms with Crippen LogP contribution in [0, 0.1) is 5.92 Å². The standard InChI is InChI=1S/C30H31Cl2F3N6O2S/c1-29(2,3)43-28(42)41-13-5-6-17(16-41)15-36-27-39-25(37-19-11-9-18(10-12-19)30(33,34)35)24-26(40-27)44-23(38-24)14-20-21(31)7-4-8-22(20)32/h4,7-12,17H,5-6,13-16H2,1-3H3,(H2,36,37,39,40). The fourth-order valence-electron chi connectivity index (χ4n) is 4.80. The van der Waals surface area contributed by atoms with Crippen molar-refractivity contribution in [3.8, 4) is 0 Å². The van der Waals surface area contributed by atoms with Crippen LogP contribution in [0.15, 0.2) is 42.5 Å². The highest BCUT2D eigenvalue weighted by atomic mass is 35.5. The number of rotatable bonds is 7. The van der Waals surface area contributed by atoms with Crippen molar-refractivity contribution in [2.45, 2.75) is 51.8 Å². The van der Waals surface area contributed by atoms with Gasteiger partial charge in [0.15, 0.2) is 10.6 Å². The second-order valence-electron chi connectivity index (χ2n) is 11.5. The number of amides is 1. The van der Waals surface area contributed by atoms with Crippen molar-refractivity contribution in [3.63, 3.8) is 0 Å². The first-order chi connectivity index (χ1) is 20.7. The molecule has 14 heteroatoms. The predicted octanol–water partition coefficient (Wildman–Crippen LogP) is 8.81. The first-order valence-corrected chi connectivity index (χ1v) is 15.6. The highest BCUT2D eigenvalue weighted by molar-refractivity contribution is 7.18. The molecule has 5 rings (SSSR count). The highest BCUT2D eigenvalue weighted by Gasteiger charge is 2.30. The van der Waals surface area contributed by atoms with Gasteiger partial charge in [-0.05, 0) is 81.5 Å². The van der Waals surface area contributed by atoms with Gasteiger partial charge in [0.05, 0.1) is 5.56 Å². The van der Waals surface area contributed by atoms with Crippen LogP contribution in [-0.2, 0) is 17.3 Å². The Hall–Kier alpha value is -3.35. The molecule has 2 aromatic carbocycles. The molecule has 234 valence electrons. The topological polar surface area (TPSA) is 92.3 Å². The Balaban J connectivity index is 1.39. The zero-order chi connectivity index (χ0) is 31.6. The van der Waals surface area contributed by atoms with Crippen LogP contribution < -0.4 is 10.6 Å². The molecule has 44 heavy (non-hydrogen) atoms. The number of likely N-dealkylation sites (tertiary alicyclic amines) is 1. The molecule has 4 aromatic rings. The predicted molar refractivity (Wildman–Crippen MR) is 168 cm³/mol. The van der Waals surface area contributed by atoms with Gasteiger partial charge < -0.3 is 20.3 Å². The summed E-state index contributed by atoms with van der Waals surface area (Å²) in [7, 11) is 0. The van der Waals surface area contributed by atoms with Gasteiger partial charge in [0, 0.05) is 41.8 Å². The number of carbonyl (C=O) groups excluding carboxylic acids is 1. The summed E-state index contributed by atoms with van der Waals surface area (Å²) in [6, 6.07) is 9.97. The molecule has 1 fully saturated rings. The lowest BCUT2D eigenvalue weighted by molar-refractivity contribution is -0.137. The lowest BCUT2D eigenvalue weighted by Crippen LogP contribution is -2.44. The van der Waals surface area contributed by atoms with Crippen molar-refractivity contribution < 1.29 is 22.7 Å². The molecule has 2 aromatic heterocycles. The Labute approximate surface area is 267 Å². The van der Waals surface area contributed by atoms with Crippen molar-refractivity contribution in [1.82, 2.24) is 19.9 Å². The normalized spacial score (nSPS) is 15.8. The summed E-state index contributed by atoms with van der Waals surface area (Å²) in [4.78, 5) is 29.0. The number of benzene rings is 2. The van der Waals surface area contributed by atoms with E-state index in [2.05, 4.69) is 15.6 Å². The average Bonchev–Trinajstić information content (AvgIpc) is 3.36. The molecule has 0 spiro atoms. The van der Waals surface area contributed by atoms with Gasteiger partial charge in [-0.3, -0.25) is 0 Å². The van der Waals surface area contributed by atoms with Crippen LogP contribution in [0.3, 0.4) is 0 Å². The van der Waals surface area contributed by atoms with E-state index in [1.54, 1.807) is 23.1 Å². The van der Waals surface area contributed by atoms with Gasteiger partial charge in [-0.15, -0.1) is 0 Å². The largest absolute Gasteiger partial charge is 0.444 e. The van der Waals surface area contributed by atoms with Gasteiger partial charge in [0.1, 0.15) is 16.1 Å². The zero-order valence-electron chi connectivity index (χ0n) is 24.3. The summed E-state index contributed by atoms with van der Waals surface area (Å²) in [6.07, 6.45) is -2.66. The minimum atomic E-state index is -4.44. The lowest BCUT2D eigenvalue weighted by atomic mass is 9.98. The number of hydrogen-bond acceptors (Lipinski definition) is 8. The summed E-state index contributed by atoms with van der Waals surface area (Å²) < 4.78 is 44.9. The molecule has 0 bridgehead atoms. The van der Waals surface area contributed by atoms with Gasteiger partial charge in [0.2, 0.25) is 5.95 Å². The van der Waals surface area contributed by atoms with E-state index in [4.69, 9.17) is 37.9 Å². The van der Waals surface area contributed by atoms with E-state index in [-0.39, 0.29) is 12.0 Å². The van der Waals surface area contributed by atoms with Crippen molar-refractivity contribution in [3.05, 3.63) is 68.6 Å². The molecule has 1 atom stereocenters. The number of carbonyl (C=O) groups is 1. The number of halogens is 5.